The Morgan fingerprint density at radius 3 is 2.42 bits per heavy atom. The molecule has 0 aliphatic carbocycles. The summed E-state index contributed by atoms with van der Waals surface area (Å²) in [5.41, 5.74) is -0.0329. The van der Waals surface area contributed by atoms with Gasteiger partial charge in [-0.1, -0.05) is 12.1 Å². The number of rotatable bonds is 4. The predicted octanol–water partition coefficient (Wildman–Crippen LogP) is 3.35. The second kappa shape index (κ2) is 8.34. The van der Waals surface area contributed by atoms with E-state index in [1.807, 2.05) is 26.5 Å². The number of likely N-dealkylation sites (tertiary alicyclic amines) is 2. The Kier molecular flexibility index (Phi) is 5.35. The van der Waals surface area contributed by atoms with Crippen LogP contribution >= 0.6 is 0 Å². The minimum atomic E-state index is -4.56. The fourth-order valence-corrected chi connectivity index (χ4v) is 4.06. The van der Waals surface area contributed by atoms with E-state index in [0.717, 1.165) is 24.2 Å². The molecule has 5 rings (SSSR count). The van der Waals surface area contributed by atoms with Crippen LogP contribution in [0.3, 0.4) is 0 Å². The van der Waals surface area contributed by atoms with Crippen LogP contribution in [-0.2, 0) is 6.18 Å². The predicted molar refractivity (Wildman–Crippen MR) is 109 cm³/mol. The van der Waals surface area contributed by atoms with Gasteiger partial charge in [-0.2, -0.15) is 18.2 Å². The number of carbonyl (C=O) groups is 1. The van der Waals surface area contributed by atoms with E-state index < -0.39 is 11.9 Å². The van der Waals surface area contributed by atoms with E-state index in [9.17, 15) is 18.0 Å². The van der Waals surface area contributed by atoms with E-state index in [1.165, 1.54) is 0 Å². The van der Waals surface area contributed by atoms with Crippen LogP contribution in [0.5, 0.6) is 11.8 Å². The van der Waals surface area contributed by atoms with Gasteiger partial charge in [-0.3, -0.25) is 0 Å². The number of nitrogens with zero attached hydrogens (tertiary/aromatic N) is 7. The van der Waals surface area contributed by atoms with Crippen molar-refractivity contribution in [3.63, 3.8) is 0 Å². The molecule has 1 atom stereocenters. The van der Waals surface area contributed by atoms with E-state index in [2.05, 4.69) is 20.2 Å². The molecule has 0 spiro atoms. The number of amides is 2. The van der Waals surface area contributed by atoms with Gasteiger partial charge in [0.05, 0.1) is 6.04 Å². The molecule has 172 valence electrons. The number of hydrogen-bond acceptors (Lipinski definition) is 6. The third-order valence-corrected chi connectivity index (χ3v) is 5.93. The van der Waals surface area contributed by atoms with E-state index in [1.54, 1.807) is 24.8 Å². The van der Waals surface area contributed by atoms with Crippen molar-refractivity contribution < 1.29 is 22.7 Å². The topological polar surface area (TPSA) is 89.3 Å². The van der Waals surface area contributed by atoms with E-state index in [0.29, 0.717) is 31.9 Å². The Bertz CT molecular complexity index is 1120. The Morgan fingerprint density at radius 1 is 1.00 bits per heavy atom. The molecule has 1 aromatic carbocycles. The summed E-state index contributed by atoms with van der Waals surface area (Å²) in [6.45, 7) is 2.57. The lowest BCUT2D eigenvalue weighted by atomic mass is 9.92. The highest BCUT2D eigenvalue weighted by Crippen LogP contribution is 2.32. The molecule has 0 N–H and O–H groups in total. The van der Waals surface area contributed by atoms with Gasteiger partial charge in [-0.25, -0.2) is 9.78 Å². The van der Waals surface area contributed by atoms with Crippen LogP contribution in [0.25, 0.3) is 0 Å². The number of carbonyl (C=O) groups excluding carboxylic acids is 1. The van der Waals surface area contributed by atoms with E-state index >= 15 is 0 Å². The Morgan fingerprint density at radius 2 is 1.73 bits per heavy atom. The first-order valence-electron chi connectivity index (χ1n) is 10.4. The lowest BCUT2D eigenvalue weighted by Crippen LogP contribution is -2.53. The number of hydrogen-bond donors (Lipinski definition) is 0. The van der Waals surface area contributed by atoms with Crippen LogP contribution < -0.4 is 4.74 Å². The minimum absolute atomic E-state index is 0.0310. The number of aromatic nitrogens is 5. The molecule has 9 nitrogen and oxygen atoms in total. The molecule has 4 heterocycles. The number of halogens is 3. The van der Waals surface area contributed by atoms with Crippen molar-refractivity contribution in [2.24, 2.45) is 0 Å². The first-order chi connectivity index (χ1) is 15.9. The average molecular weight is 459 g/mol. The molecule has 12 heteroatoms. The summed E-state index contributed by atoms with van der Waals surface area (Å²) in [4.78, 5) is 23.6. The molecular formula is C21H20F3N7O2. The molecule has 3 aromatic rings. The zero-order chi connectivity index (χ0) is 23.0. The smallest absolute Gasteiger partial charge is 0.424 e. The highest BCUT2D eigenvalue weighted by Gasteiger charge is 2.37. The summed E-state index contributed by atoms with van der Waals surface area (Å²) in [5, 5.41) is 7.65. The summed E-state index contributed by atoms with van der Waals surface area (Å²) in [6.07, 6.45) is 0.660. The molecule has 2 aliphatic heterocycles. The lowest BCUT2D eigenvalue weighted by molar-refractivity contribution is -0.141. The average Bonchev–Trinajstić information content (AvgIpc) is 3.45. The zero-order valence-electron chi connectivity index (χ0n) is 17.4. The van der Waals surface area contributed by atoms with Crippen LogP contribution in [0.1, 0.15) is 29.6 Å². The maximum absolute atomic E-state index is 12.8. The third kappa shape index (κ3) is 4.45. The Hall–Kier alpha value is -3.70. The summed E-state index contributed by atoms with van der Waals surface area (Å²) in [5.74, 6) is 0.534. The summed E-state index contributed by atoms with van der Waals surface area (Å²) < 4.78 is 45.6. The maximum Gasteiger partial charge on any atom is 0.433 e. The fraction of sp³-hybridized carbons (Fsp3) is 0.381. The normalized spacial score (nSPS) is 18.9. The molecule has 0 unspecified atom stereocenters. The number of ether oxygens (including phenoxy) is 1. The van der Waals surface area contributed by atoms with Gasteiger partial charge in [0.15, 0.2) is 5.69 Å². The molecule has 0 radical (unpaired) electrons. The van der Waals surface area contributed by atoms with Crippen molar-refractivity contribution in [3.8, 4) is 11.8 Å². The summed E-state index contributed by atoms with van der Waals surface area (Å²) >= 11 is 0. The van der Waals surface area contributed by atoms with Crippen LogP contribution in [-0.4, -0.2) is 66.7 Å². The van der Waals surface area contributed by atoms with Crippen molar-refractivity contribution >= 4 is 6.03 Å². The molecule has 0 saturated carbocycles. The summed E-state index contributed by atoms with van der Waals surface area (Å²) in [7, 11) is 0. The zero-order valence-corrected chi connectivity index (χ0v) is 17.4. The second-order valence-electron chi connectivity index (χ2n) is 8.08. The first kappa shape index (κ1) is 21.2. The molecule has 2 aromatic heterocycles. The monoisotopic (exact) mass is 459 g/mol. The van der Waals surface area contributed by atoms with E-state index in [4.69, 9.17) is 4.74 Å². The van der Waals surface area contributed by atoms with Gasteiger partial charge in [-0.15, -0.1) is 10.2 Å². The Labute approximate surface area is 186 Å². The molecular weight excluding hydrogens is 439 g/mol. The molecule has 0 bridgehead atoms. The van der Waals surface area contributed by atoms with Gasteiger partial charge < -0.3 is 19.1 Å². The van der Waals surface area contributed by atoms with Gasteiger partial charge in [0.25, 0.3) is 0 Å². The fourth-order valence-electron chi connectivity index (χ4n) is 4.06. The van der Waals surface area contributed by atoms with Crippen LogP contribution in [0.2, 0.25) is 0 Å². The first-order valence-corrected chi connectivity index (χ1v) is 10.4. The minimum Gasteiger partial charge on any atom is -0.424 e. The molecule has 2 fully saturated rings. The second-order valence-corrected chi connectivity index (χ2v) is 8.08. The molecule has 2 saturated heterocycles. The highest BCUT2D eigenvalue weighted by molar-refractivity contribution is 5.76. The van der Waals surface area contributed by atoms with Crippen molar-refractivity contribution in [2.75, 3.05) is 26.2 Å². The van der Waals surface area contributed by atoms with Gasteiger partial charge in [-0.05, 0) is 30.2 Å². The largest absolute Gasteiger partial charge is 0.433 e. The van der Waals surface area contributed by atoms with E-state index in [-0.39, 0.29) is 24.0 Å². The van der Waals surface area contributed by atoms with Gasteiger partial charge in [0.1, 0.15) is 18.4 Å². The number of urea groups is 1. The van der Waals surface area contributed by atoms with Gasteiger partial charge in [0.2, 0.25) is 0 Å². The van der Waals surface area contributed by atoms with Crippen molar-refractivity contribution in [1.82, 2.24) is 34.5 Å². The lowest BCUT2D eigenvalue weighted by Gasteiger charge is -2.41. The van der Waals surface area contributed by atoms with Crippen molar-refractivity contribution in [3.05, 3.63) is 60.4 Å². The molecule has 2 aliphatic rings. The van der Waals surface area contributed by atoms with Gasteiger partial charge in [0, 0.05) is 38.3 Å². The van der Waals surface area contributed by atoms with Crippen LogP contribution in [0.15, 0.2) is 49.2 Å². The van der Waals surface area contributed by atoms with Crippen LogP contribution in [0.4, 0.5) is 18.0 Å². The number of alkyl halides is 3. The molecule has 33 heavy (non-hydrogen) atoms. The third-order valence-electron chi connectivity index (χ3n) is 5.93. The SMILES string of the molecule is O=C(N1CC(c2ccc(Oc3nccc(C(F)(F)F)n3)cc2)C1)N1CC[C@H](n2cnnc2)C1. The van der Waals surface area contributed by atoms with Crippen molar-refractivity contribution in [1.29, 1.82) is 0 Å². The Balaban J connectivity index is 1.14. The highest BCUT2D eigenvalue weighted by atomic mass is 19.4. The van der Waals surface area contributed by atoms with Gasteiger partial charge >= 0.3 is 18.2 Å². The standard InChI is InChI=1S/C21H20F3N7O2/c22-21(23,24)18-5-7-25-19(28-18)33-17-3-1-14(2-4-17)15-9-30(10-15)20(32)29-8-6-16(11-29)31-12-26-27-13-31/h1-5,7,12-13,15-16H,6,8-11H2/t16-/m0/s1. The van der Waals surface area contributed by atoms with Crippen LogP contribution in [0, 0.1) is 0 Å². The summed E-state index contributed by atoms with van der Waals surface area (Å²) in [6, 6.07) is 7.66. The maximum atomic E-state index is 12.8. The van der Waals surface area contributed by atoms with Crippen molar-refractivity contribution in [2.45, 2.75) is 24.6 Å². The quantitative estimate of drug-likeness (QED) is 0.595. The number of benzene rings is 1. The molecule has 2 amide bonds.